The number of nitrogens with zero attached hydrogens (tertiary/aromatic N) is 3. The largest absolute Gasteiger partial charge is 0.469 e. The number of hydrogen-bond acceptors (Lipinski definition) is 7. The zero-order chi connectivity index (χ0) is 28.9. The van der Waals surface area contributed by atoms with E-state index in [0.29, 0.717) is 5.56 Å². The van der Waals surface area contributed by atoms with E-state index in [1.54, 1.807) is 0 Å². The van der Waals surface area contributed by atoms with Gasteiger partial charge in [-0.1, -0.05) is 18.2 Å². The van der Waals surface area contributed by atoms with Crippen LogP contribution in [-0.2, 0) is 25.2 Å². The molecule has 13 heteroatoms. The maximum absolute atomic E-state index is 13.4. The van der Waals surface area contributed by atoms with Gasteiger partial charge < -0.3 is 15.2 Å². The van der Waals surface area contributed by atoms with Crippen molar-refractivity contribution in [2.24, 2.45) is 5.73 Å². The first-order valence-corrected chi connectivity index (χ1v) is 11.5. The molecule has 3 rings (SSSR count). The molecule has 0 saturated heterocycles. The van der Waals surface area contributed by atoms with Gasteiger partial charge in [-0.3, -0.25) is 20.0 Å². The number of methoxy groups -OCH3 is 1. The van der Waals surface area contributed by atoms with Crippen molar-refractivity contribution in [3.05, 3.63) is 76.5 Å². The standard InChI is InChI=1S/C26H24F3N5O5/c1-15-21(23(36)39-12-4-7-20(35)38-2)22(17-10-8-16(14-30)9-11-17)34(25(32)37)24(31)33(15)19-6-3-5-18(13-19)26(27,28)29/h3,5-6,8-11,13,22,31H,4,7,12H2,1-2H3,(H2,32,37)/t22-/m1/s1. The summed E-state index contributed by atoms with van der Waals surface area (Å²) in [6.45, 7) is 1.19. The highest BCUT2D eigenvalue weighted by Crippen LogP contribution is 2.41. The molecule has 39 heavy (non-hydrogen) atoms. The molecule has 0 spiro atoms. The van der Waals surface area contributed by atoms with Gasteiger partial charge in [0.05, 0.1) is 36.5 Å². The molecule has 2 amide bonds. The molecule has 2 aromatic rings. The molecule has 0 radical (unpaired) electrons. The molecular weight excluding hydrogens is 519 g/mol. The summed E-state index contributed by atoms with van der Waals surface area (Å²) in [7, 11) is 1.21. The SMILES string of the molecule is COC(=O)CCCOC(=O)C1=C(C)N(c2cccc(C(F)(F)F)c2)C(=N)N(C(N)=O)[C@@H]1c1ccc(C#N)cc1. The van der Waals surface area contributed by atoms with Crippen molar-refractivity contribution >= 4 is 29.6 Å². The lowest BCUT2D eigenvalue weighted by molar-refractivity contribution is -0.144. The van der Waals surface area contributed by atoms with Crippen molar-refractivity contribution in [2.45, 2.75) is 32.0 Å². The number of carbonyl (C=O) groups is 3. The molecule has 0 unspecified atom stereocenters. The average molecular weight is 544 g/mol. The van der Waals surface area contributed by atoms with E-state index in [9.17, 15) is 27.6 Å². The van der Waals surface area contributed by atoms with Crippen molar-refractivity contribution < 1.29 is 37.0 Å². The Labute approximate surface area is 221 Å². The van der Waals surface area contributed by atoms with Gasteiger partial charge >= 0.3 is 24.1 Å². The molecule has 3 N–H and O–H groups in total. The predicted molar refractivity (Wildman–Crippen MR) is 132 cm³/mol. The first kappa shape index (κ1) is 28.7. The zero-order valence-electron chi connectivity index (χ0n) is 20.9. The second-order valence-corrected chi connectivity index (χ2v) is 8.37. The summed E-state index contributed by atoms with van der Waals surface area (Å²) < 4.78 is 50.2. The number of nitrogens with two attached hydrogens (primary N) is 1. The van der Waals surface area contributed by atoms with Crippen LogP contribution >= 0.6 is 0 Å². The number of halogens is 3. The highest BCUT2D eigenvalue weighted by molar-refractivity contribution is 6.10. The van der Waals surface area contributed by atoms with E-state index in [1.807, 2.05) is 6.07 Å². The minimum Gasteiger partial charge on any atom is -0.469 e. The molecule has 1 aliphatic heterocycles. The highest BCUT2D eigenvalue weighted by Gasteiger charge is 2.44. The first-order chi connectivity index (χ1) is 18.4. The van der Waals surface area contributed by atoms with E-state index in [4.69, 9.17) is 21.1 Å². The molecule has 0 bridgehead atoms. The minimum absolute atomic E-state index is 0.0177. The number of alkyl halides is 3. The second-order valence-electron chi connectivity index (χ2n) is 8.37. The van der Waals surface area contributed by atoms with Gasteiger partial charge in [0.15, 0.2) is 0 Å². The van der Waals surface area contributed by atoms with Crippen LogP contribution in [-0.4, -0.2) is 42.5 Å². The molecule has 10 nitrogen and oxygen atoms in total. The number of allylic oxidation sites excluding steroid dienone is 1. The Morgan fingerprint density at radius 1 is 1.15 bits per heavy atom. The molecule has 1 heterocycles. The van der Waals surface area contributed by atoms with Crippen molar-refractivity contribution in [2.75, 3.05) is 18.6 Å². The van der Waals surface area contributed by atoms with Gasteiger partial charge in [-0.05, 0) is 49.2 Å². The van der Waals surface area contributed by atoms with E-state index < -0.39 is 41.7 Å². The first-order valence-electron chi connectivity index (χ1n) is 11.5. The van der Waals surface area contributed by atoms with Gasteiger partial charge in [0.1, 0.15) is 6.04 Å². The fraction of sp³-hybridized carbons (Fsp3) is 0.269. The number of nitriles is 1. The molecular formula is C26H24F3N5O5. The van der Waals surface area contributed by atoms with Gasteiger partial charge in [0, 0.05) is 17.8 Å². The second kappa shape index (κ2) is 11.7. The summed E-state index contributed by atoms with van der Waals surface area (Å²) >= 11 is 0. The van der Waals surface area contributed by atoms with Crippen LogP contribution in [0.3, 0.4) is 0 Å². The highest BCUT2D eigenvalue weighted by atomic mass is 19.4. The molecule has 0 fully saturated rings. The van der Waals surface area contributed by atoms with Crippen LogP contribution in [0.25, 0.3) is 0 Å². The summed E-state index contributed by atoms with van der Waals surface area (Å²) in [6, 6.07) is 9.33. The number of hydrogen-bond donors (Lipinski definition) is 2. The number of urea groups is 1. The third-order valence-electron chi connectivity index (χ3n) is 5.93. The maximum atomic E-state index is 13.4. The number of amides is 2. The monoisotopic (exact) mass is 543 g/mol. The van der Waals surface area contributed by atoms with Gasteiger partial charge in [0.25, 0.3) is 0 Å². The van der Waals surface area contributed by atoms with Crippen molar-refractivity contribution in [3.8, 4) is 6.07 Å². The fourth-order valence-corrected chi connectivity index (χ4v) is 4.08. The topological polar surface area (TPSA) is 150 Å². The van der Waals surface area contributed by atoms with Crippen LogP contribution in [0.15, 0.2) is 59.8 Å². The summed E-state index contributed by atoms with van der Waals surface area (Å²) in [6.07, 6.45) is -4.60. The molecule has 1 aliphatic rings. The van der Waals surface area contributed by atoms with E-state index in [1.165, 1.54) is 44.4 Å². The normalized spacial score (nSPS) is 15.6. The van der Waals surface area contributed by atoms with E-state index in [0.717, 1.165) is 28.0 Å². The molecule has 204 valence electrons. The Balaban J connectivity index is 2.16. The number of benzene rings is 2. The Kier molecular flexibility index (Phi) is 8.60. The van der Waals surface area contributed by atoms with Crippen LogP contribution < -0.4 is 10.6 Å². The molecule has 0 aliphatic carbocycles. The fourth-order valence-electron chi connectivity index (χ4n) is 4.08. The lowest BCUT2D eigenvalue weighted by atomic mass is 9.92. The molecule has 2 aromatic carbocycles. The summed E-state index contributed by atoms with van der Waals surface area (Å²) in [5, 5.41) is 17.9. The van der Waals surface area contributed by atoms with Crippen molar-refractivity contribution in [1.29, 1.82) is 10.7 Å². The minimum atomic E-state index is -4.69. The number of guanidine groups is 1. The number of nitrogens with one attached hydrogen (secondary N) is 1. The third-order valence-corrected chi connectivity index (χ3v) is 5.93. The van der Waals surface area contributed by atoms with Gasteiger partial charge in [0.2, 0.25) is 5.96 Å². The third kappa shape index (κ3) is 6.18. The van der Waals surface area contributed by atoms with Crippen LogP contribution in [0.2, 0.25) is 0 Å². The summed E-state index contributed by atoms with van der Waals surface area (Å²) in [5.41, 5.74) is 4.89. The number of primary amides is 1. The van der Waals surface area contributed by atoms with E-state index >= 15 is 0 Å². The van der Waals surface area contributed by atoms with Crippen molar-refractivity contribution in [1.82, 2.24) is 4.90 Å². The molecule has 0 aromatic heterocycles. The van der Waals surface area contributed by atoms with E-state index in [2.05, 4.69) is 4.74 Å². The van der Waals surface area contributed by atoms with Crippen molar-refractivity contribution in [3.63, 3.8) is 0 Å². The number of anilines is 1. The Morgan fingerprint density at radius 3 is 2.38 bits per heavy atom. The van der Waals surface area contributed by atoms with Crippen LogP contribution in [0.4, 0.5) is 23.7 Å². The lowest BCUT2D eigenvalue weighted by Crippen LogP contribution is -2.55. The molecule has 0 saturated carbocycles. The van der Waals surface area contributed by atoms with Crippen LogP contribution in [0.1, 0.15) is 42.5 Å². The predicted octanol–water partition coefficient (Wildman–Crippen LogP) is 4.22. The Morgan fingerprint density at radius 2 is 1.82 bits per heavy atom. The van der Waals surface area contributed by atoms with Gasteiger partial charge in [-0.2, -0.15) is 18.4 Å². The average Bonchev–Trinajstić information content (AvgIpc) is 2.90. The summed E-state index contributed by atoms with van der Waals surface area (Å²) in [4.78, 5) is 39.2. The number of rotatable bonds is 7. The number of ether oxygens (including phenoxy) is 2. The van der Waals surface area contributed by atoms with Gasteiger partial charge in [-0.25, -0.2) is 9.59 Å². The van der Waals surface area contributed by atoms with Crippen LogP contribution in [0, 0.1) is 16.7 Å². The lowest BCUT2D eigenvalue weighted by Gasteiger charge is -2.43. The quantitative estimate of drug-likeness (QED) is 0.392. The number of carbonyl (C=O) groups excluding carboxylic acids is 3. The van der Waals surface area contributed by atoms with E-state index in [-0.39, 0.29) is 42.0 Å². The Hall–Kier alpha value is -4.86. The van der Waals surface area contributed by atoms with Crippen LogP contribution in [0.5, 0.6) is 0 Å². The molecule has 1 atom stereocenters. The zero-order valence-corrected chi connectivity index (χ0v) is 20.9. The Bertz CT molecular complexity index is 1370. The maximum Gasteiger partial charge on any atom is 0.416 e. The van der Waals surface area contributed by atoms with Gasteiger partial charge in [-0.15, -0.1) is 0 Å². The number of esters is 2. The smallest absolute Gasteiger partial charge is 0.416 e. The summed E-state index contributed by atoms with van der Waals surface area (Å²) in [5.74, 6) is -2.06.